The summed E-state index contributed by atoms with van der Waals surface area (Å²) in [5, 5.41) is 4.45. The highest BCUT2D eigenvalue weighted by molar-refractivity contribution is 6.31. The number of hydrogen-bond donors (Lipinski definition) is 1. The Morgan fingerprint density at radius 3 is 2.42 bits per heavy atom. The Kier molecular flexibility index (Phi) is 9.45. The first-order valence-electron chi connectivity index (χ1n) is 11.6. The van der Waals surface area contributed by atoms with Crippen LogP contribution in [0.3, 0.4) is 0 Å². The zero-order chi connectivity index (χ0) is 23.8. The number of hydrogen-bond acceptors (Lipinski definition) is 3. The van der Waals surface area contributed by atoms with E-state index in [1.54, 1.807) is 35.2 Å². The average molecular weight is 491 g/mol. The molecule has 2 amide bonds. The maximum atomic E-state index is 13.3. The summed E-state index contributed by atoms with van der Waals surface area (Å²) in [6, 6.07) is 12.2. The summed E-state index contributed by atoms with van der Waals surface area (Å²) in [4.78, 5) is 28.1. The molecule has 0 heterocycles. The number of benzene rings is 2. The van der Waals surface area contributed by atoms with Gasteiger partial charge in [-0.1, -0.05) is 61.5 Å². The van der Waals surface area contributed by atoms with Gasteiger partial charge in [0.1, 0.15) is 11.8 Å². The van der Waals surface area contributed by atoms with E-state index >= 15 is 0 Å². The summed E-state index contributed by atoms with van der Waals surface area (Å²) in [6.45, 7) is 3.95. The van der Waals surface area contributed by atoms with Crippen molar-refractivity contribution in [2.24, 2.45) is 0 Å². The fourth-order valence-corrected chi connectivity index (χ4v) is 4.43. The highest BCUT2D eigenvalue weighted by atomic mass is 35.5. The summed E-state index contributed by atoms with van der Waals surface area (Å²) in [6.07, 6.45) is 5.97. The van der Waals surface area contributed by atoms with Gasteiger partial charge in [-0.15, -0.1) is 0 Å². The Bertz CT molecular complexity index is 943. The monoisotopic (exact) mass is 490 g/mol. The minimum absolute atomic E-state index is 0.103. The van der Waals surface area contributed by atoms with Crippen LogP contribution in [0.2, 0.25) is 10.0 Å². The van der Waals surface area contributed by atoms with Crippen LogP contribution < -0.4 is 10.1 Å². The van der Waals surface area contributed by atoms with Crippen molar-refractivity contribution < 1.29 is 14.3 Å². The predicted octanol–water partition coefficient (Wildman–Crippen LogP) is 5.94. The van der Waals surface area contributed by atoms with Gasteiger partial charge >= 0.3 is 0 Å². The first-order chi connectivity index (χ1) is 15.9. The second kappa shape index (κ2) is 12.3. The quantitative estimate of drug-likeness (QED) is 0.473. The Morgan fingerprint density at radius 1 is 1.09 bits per heavy atom. The second-order valence-electron chi connectivity index (χ2n) is 8.62. The van der Waals surface area contributed by atoms with Gasteiger partial charge in [0.2, 0.25) is 5.91 Å². The SMILES string of the molecule is CCC(C(=O)NC1CCCCC1)N(Cc1ccc(Cl)cc1)C(=O)COc1ccc(Cl)c(C)c1. The van der Waals surface area contributed by atoms with Gasteiger partial charge < -0.3 is 15.0 Å². The van der Waals surface area contributed by atoms with E-state index in [2.05, 4.69) is 5.32 Å². The van der Waals surface area contributed by atoms with E-state index < -0.39 is 6.04 Å². The van der Waals surface area contributed by atoms with Crippen molar-refractivity contribution in [3.63, 3.8) is 0 Å². The molecule has 1 atom stereocenters. The molecule has 3 rings (SSSR count). The van der Waals surface area contributed by atoms with E-state index in [9.17, 15) is 9.59 Å². The maximum Gasteiger partial charge on any atom is 0.261 e. The molecule has 1 aliphatic rings. The lowest BCUT2D eigenvalue weighted by Crippen LogP contribution is -2.52. The number of carbonyl (C=O) groups excluding carboxylic acids is 2. The average Bonchev–Trinajstić information content (AvgIpc) is 2.81. The van der Waals surface area contributed by atoms with Crippen LogP contribution in [0.1, 0.15) is 56.6 Å². The molecule has 7 heteroatoms. The molecule has 1 aliphatic carbocycles. The normalized spacial score (nSPS) is 15.0. The van der Waals surface area contributed by atoms with E-state index in [1.165, 1.54) is 6.42 Å². The van der Waals surface area contributed by atoms with E-state index in [-0.39, 0.29) is 24.5 Å². The van der Waals surface area contributed by atoms with Crippen LogP contribution in [0, 0.1) is 6.92 Å². The zero-order valence-corrected chi connectivity index (χ0v) is 20.8. The molecule has 5 nitrogen and oxygen atoms in total. The van der Waals surface area contributed by atoms with E-state index in [4.69, 9.17) is 27.9 Å². The van der Waals surface area contributed by atoms with E-state index in [0.717, 1.165) is 36.8 Å². The van der Waals surface area contributed by atoms with Crippen LogP contribution in [-0.4, -0.2) is 35.4 Å². The summed E-state index contributed by atoms with van der Waals surface area (Å²) in [5.41, 5.74) is 1.77. The summed E-state index contributed by atoms with van der Waals surface area (Å²) in [5.74, 6) is 0.216. The number of ether oxygens (including phenoxy) is 1. The number of aryl methyl sites for hydroxylation is 1. The van der Waals surface area contributed by atoms with Crippen LogP contribution in [-0.2, 0) is 16.1 Å². The third kappa shape index (κ3) is 7.38. The smallest absolute Gasteiger partial charge is 0.261 e. The van der Waals surface area contributed by atoms with Gasteiger partial charge in [-0.2, -0.15) is 0 Å². The fraction of sp³-hybridized carbons (Fsp3) is 0.462. The molecule has 1 unspecified atom stereocenters. The van der Waals surface area contributed by atoms with Crippen molar-refractivity contribution in [1.29, 1.82) is 0 Å². The number of nitrogens with one attached hydrogen (secondary N) is 1. The predicted molar refractivity (Wildman–Crippen MR) is 133 cm³/mol. The lowest BCUT2D eigenvalue weighted by molar-refractivity contribution is -0.143. The largest absolute Gasteiger partial charge is 0.484 e. The first-order valence-corrected chi connectivity index (χ1v) is 12.4. The molecule has 0 saturated heterocycles. The molecule has 0 spiro atoms. The third-order valence-electron chi connectivity index (χ3n) is 6.10. The number of rotatable bonds is 9. The van der Waals surface area contributed by atoms with E-state index in [0.29, 0.717) is 28.8 Å². The van der Waals surface area contributed by atoms with Crippen molar-refractivity contribution in [3.05, 3.63) is 63.6 Å². The minimum Gasteiger partial charge on any atom is -0.484 e. The summed E-state index contributed by atoms with van der Waals surface area (Å²) >= 11 is 12.1. The molecule has 0 aliphatic heterocycles. The molecular formula is C26H32Cl2N2O3. The molecule has 1 N–H and O–H groups in total. The van der Waals surface area contributed by atoms with Crippen LogP contribution >= 0.6 is 23.2 Å². The number of carbonyl (C=O) groups is 2. The molecule has 0 aromatic heterocycles. The molecule has 0 bridgehead atoms. The van der Waals surface area contributed by atoms with Gasteiger partial charge in [-0.25, -0.2) is 0 Å². The van der Waals surface area contributed by atoms with Crippen LogP contribution in [0.4, 0.5) is 0 Å². The Labute approximate surface area is 206 Å². The van der Waals surface area contributed by atoms with E-state index in [1.807, 2.05) is 26.0 Å². The third-order valence-corrected chi connectivity index (χ3v) is 6.77. The first kappa shape index (κ1) is 25.4. The molecule has 178 valence electrons. The lowest BCUT2D eigenvalue weighted by Gasteiger charge is -2.32. The van der Waals surface area contributed by atoms with Crippen molar-refractivity contribution in [2.75, 3.05) is 6.61 Å². The Hall–Kier alpha value is -2.24. The minimum atomic E-state index is -0.578. The summed E-state index contributed by atoms with van der Waals surface area (Å²) in [7, 11) is 0. The standard InChI is InChI=1S/C26H32Cl2N2O3/c1-3-24(26(32)29-21-7-5-4-6-8-21)30(16-19-9-11-20(27)12-10-19)25(31)17-33-22-13-14-23(28)18(2)15-22/h9-15,21,24H,3-8,16-17H2,1-2H3,(H,29,32). The van der Waals surface area contributed by atoms with Crippen molar-refractivity contribution in [3.8, 4) is 5.75 Å². The molecular weight excluding hydrogens is 459 g/mol. The second-order valence-corrected chi connectivity index (χ2v) is 9.46. The van der Waals surface area contributed by atoms with Crippen molar-refractivity contribution in [2.45, 2.75) is 71.0 Å². The molecule has 2 aromatic rings. The van der Waals surface area contributed by atoms with Crippen LogP contribution in [0.25, 0.3) is 0 Å². The van der Waals surface area contributed by atoms with Gasteiger partial charge in [-0.05, 0) is 67.6 Å². The van der Waals surface area contributed by atoms with Gasteiger partial charge in [0.15, 0.2) is 6.61 Å². The van der Waals surface area contributed by atoms with Crippen molar-refractivity contribution >= 4 is 35.0 Å². The van der Waals surface area contributed by atoms with Gasteiger partial charge in [-0.3, -0.25) is 9.59 Å². The molecule has 1 fully saturated rings. The highest BCUT2D eigenvalue weighted by Gasteiger charge is 2.30. The van der Waals surface area contributed by atoms with Gasteiger partial charge in [0.25, 0.3) is 5.91 Å². The Balaban J connectivity index is 1.75. The molecule has 0 radical (unpaired) electrons. The Morgan fingerprint density at radius 2 is 1.79 bits per heavy atom. The maximum absolute atomic E-state index is 13.3. The van der Waals surface area contributed by atoms with Gasteiger partial charge in [0.05, 0.1) is 0 Å². The van der Waals surface area contributed by atoms with Crippen LogP contribution in [0.5, 0.6) is 5.75 Å². The summed E-state index contributed by atoms with van der Waals surface area (Å²) < 4.78 is 5.76. The lowest BCUT2D eigenvalue weighted by atomic mass is 9.95. The number of nitrogens with zero attached hydrogens (tertiary/aromatic N) is 1. The number of halogens is 2. The number of amides is 2. The highest BCUT2D eigenvalue weighted by Crippen LogP contribution is 2.22. The van der Waals surface area contributed by atoms with Crippen molar-refractivity contribution in [1.82, 2.24) is 10.2 Å². The molecule has 33 heavy (non-hydrogen) atoms. The molecule has 1 saturated carbocycles. The van der Waals surface area contributed by atoms with Gasteiger partial charge in [0, 0.05) is 22.6 Å². The zero-order valence-electron chi connectivity index (χ0n) is 19.3. The van der Waals surface area contributed by atoms with Crippen LogP contribution in [0.15, 0.2) is 42.5 Å². The molecule has 2 aromatic carbocycles. The fourth-order valence-electron chi connectivity index (χ4n) is 4.19. The topological polar surface area (TPSA) is 58.6 Å².